The highest BCUT2D eigenvalue weighted by Crippen LogP contribution is 2.29. The van der Waals surface area contributed by atoms with Gasteiger partial charge in [0.05, 0.1) is 12.7 Å². The number of hydrogen-bond acceptors (Lipinski definition) is 4. The Hall–Kier alpha value is -1.65. The summed E-state index contributed by atoms with van der Waals surface area (Å²) in [4.78, 5) is 6.63. The Morgan fingerprint density at radius 3 is 2.79 bits per heavy atom. The number of nitrogens with zero attached hydrogens (tertiary/aromatic N) is 2. The third-order valence-electron chi connectivity index (χ3n) is 3.72. The summed E-state index contributed by atoms with van der Waals surface area (Å²) in [7, 11) is 0. The molecule has 0 aliphatic carbocycles. The summed E-state index contributed by atoms with van der Waals surface area (Å²) in [5, 5.41) is 21.3. The molecule has 1 aromatic heterocycles. The Labute approximate surface area is 112 Å². The molecule has 100 valence electrons. The molecule has 1 aliphatic rings. The Balaban J connectivity index is 2.09. The summed E-state index contributed by atoms with van der Waals surface area (Å²) >= 11 is 0. The van der Waals surface area contributed by atoms with Gasteiger partial charge in [0, 0.05) is 30.2 Å². The van der Waals surface area contributed by atoms with Gasteiger partial charge in [-0.25, -0.2) is 4.98 Å². The van der Waals surface area contributed by atoms with Gasteiger partial charge >= 0.3 is 0 Å². The van der Waals surface area contributed by atoms with Crippen molar-refractivity contribution < 1.29 is 10.2 Å². The lowest BCUT2D eigenvalue weighted by atomic mass is 10.0. The third kappa shape index (κ3) is 2.29. The van der Waals surface area contributed by atoms with Crippen LogP contribution in [-0.4, -0.2) is 34.4 Å². The van der Waals surface area contributed by atoms with Crippen LogP contribution in [0, 0.1) is 0 Å². The van der Waals surface area contributed by atoms with Gasteiger partial charge in [-0.05, 0) is 18.2 Å². The summed E-state index contributed by atoms with van der Waals surface area (Å²) in [6.07, 6.45) is 3.31. The summed E-state index contributed by atoms with van der Waals surface area (Å²) in [6.45, 7) is 1.55. The Kier molecular flexibility index (Phi) is 3.36. The van der Waals surface area contributed by atoms with Crippen LogP contribution in [-0.2, 0) is 6.61 Å². The van der Waals surface area contributed by atoms with E-state index in [1.165, 1.54) is 0 Å². The van der Waals surface area contributed by atoms with Crippen molar-refractivity contribution in [2.45, 2.75) is 25.6 Å². The molecule has 2 aromatic rings. The third-order valence-corrected chi connectivity index (χ3v) is 3.72. The van der Waals surface area contributed by atoms with Gasteiger partial charge in [0.15, 0.2) is 0 Å². The fourth-order valence-electron chi connectivity index (χ4n) is 2.76. The number of anilines is 1. The standard InChI is InChI=1S/C15H18N2O2/c18-10-11-8-16-15(14-6-2-1-5-13(11)14)17-7-3-4-12(19)9-17/h1-2,5-6,8,12,18-19H,3-4,7,9-10H2. The van der Waals surface area contributed by atoms with E-state index in [0.29, 0.717) is 6.54 Å². The molecule has 4 heteroatoms. The number of aromatic nitrogens is 1. The average molecular weight is 258 g/mol. The predicted molar refractivity (Wildman–Crippen MR) is 75.1 cm³/mol. The molecule has 4 nitrogen and oxygen atoms in total. The van der Waals surface area contributed by atoms with Crippen LogP contribution in [0.5, 0.6) is 0 Å². The quantitative estimate of drug-likeness (QED) is 0.860. The summed E-state index contributed by atoms with van der Waals surface area (Å²) in [6, 6.07) is 7.98. The Bertz CT molecular complexity index is 585. The van der Waals surface area contributed by atoms with Gasteiger partial charge in [0.25, 0.3) is 0 Å². The molecule has 0 amide bonds. The van der Waals surface area contributed by atoms with Crippen LogP contribution in [0.4, 0.5) is 5.82 Å². The molecule has 0 radical (unpaired) electrons. The first kappa shape index (κ1) is 12.4. The number of fused-ring (bicyclic) bond motifs is 1. The van der Waals surface area contributed by atoms with Crippen LogP contribution >= 0.6 is 0 Å². The average Bonchev–Trinajstić information content (AvgIpc) is 2.46. The van der Waals surface area contributed by atoms with E-state index in [-0.39, 0.29) is 12.7 Å². The smallest absolute Gasteiger partial charge is 0.136 e. The van der Waals surface area contributed by atoms with E-state index in [0.717, 1.165) is 41.5 Å². The summed E-state index contributed by atoms with van der Waals surface area (Å²) < 4.78 is 0. The number of β-amino-alcohol motifs (C(OH)–C–C–N with tert-alkyl or cyclic N) is 1. The molecule has 1 aliphatic heterocycles. The lowest BCUT2D eigenvalue weighted by Crippen LogP contribution is -2.38. The molecule has 0 bridgehead atoms. The molecule has 1 unspecified atom stereocenters. The summed E-state index contributed by atoms with van der Waals surface area (Å²) in [5.41, 5.74) is 0.844. The minimum atomic E-state index is -0.271. The van der Waals surface area contributed by atoms with E-state index in [1.54, 1.807) is 6.20 Å². The first-order valence-corrected chi connectivity index (χ1v) is 6.70. The minimum absolute atomic E-state index is 0.00355. The van der Waals surface area contributed by atoms with Crippen molar-refractivity contribution in [2.75, 3.05) is 18.0 Å². The zero-order chi connectivity index (χ0) is 13.2. The molecule has 2 heterocycles. The SMILES string of the molecule is OCc1cnc(N2CCCC(O)C2)c2ccccc12. The highest BCUT2D eigenvalue weighted by atomic mass is 16.3. The number of pyridine rings is 1. The molecular weight excluding hydrogens is 240 g/mol. The minimum Gasteiger partial charge on any atom is -0.392 e. The fraction of sp³-hybridized carbons (Fsp3) is 0.400. The van der Waals surface area contributed by atoms with Gasteiger partial charge in [-0.15, -0.1) is 0 Å². The van der Waals surface area contributed by atoms with Crippen LogP contribution in [0.1, 0.15) is 18.4 Å². The van der Waals surface area contributed by atoms with Crippen molar-refractivity contribution in [3.8, 4) is 0 Å². The van der Waals surface area contributed by atoms with Crippen LogP contribution in [0.3, 0.4) is 0 Å². The number of aliphatic hydroxyl groups excluding tert-OH is 2. The molecule has 3 rings (SSSR count). The van der Waals surface area contributed by atoms with Crippen LogP contribution in [0.25, 0.3) is 10.8 Å². The molecule has 0 spiro atoms. The van der Waals surface area contributed by atoms with E-state index < -0.39 is 0 Å². The van der Waals surface area contributed by atoms with Crippen molar-refractivity contribution in [2.24, 2.45) is 0 Å². The molecule has 1 saturated heterocycles. The molecule has 2 N–H and O–H groups in total. The maximum atomic E-state index is 9.80. The molecule has 19 heavy (non-hydrogen) atoms. The van der Waals surface area contributed by atoms with Crippen LogP contribution in [0.15, 0.2) is 30.5 Å². The first-order valence-electron chi connectivity index (χ1n) is 6.70. The highest BCUT2D eigenvalue weighted by Gasteiger charge is 2.20. The van der Waals surface area contributed by atoms with E-state index in [9.17, 15) is 10.2 Å². The topological polar surface area (TPSA) is 56.6 Å². The lowest BCUT2D eigenvalue weighted by molar-refractivity contribution is 0.154. The largest absolute Gasteiger partial charge is 0.392 e. The molecule has 1 aromatic carbocycles. The van der Waals surface area contributed by atoms with Crippen LogP contribution < -0.4 is 4.90 Å². The summed E-state index contributed by atoms with van der Waals surface area (Å²) in [5.74, 6) is 0.909. The van der Waals surface area contributed by atoms with Gasteiger partial charge in [0.1, 0.15) is 5.82 Å². The Morgan fingerprint density at radius 2 is 2.05 bits per heavy atom. The number of rotatable bonds is 2. The van der Waals surface area contributed by atoms with Gasteiger partial charge < -0.3 is 15.1 Å². The maximum absolute atomic E-state index is 9.80. The number of hydrogen-bond donors (Lipinski definition) is 2. The van der Waals surface area contributed by atoms with Crippen molar-refractivity contribution in [3.05, 3.63) is 36.0 Å². The van der Waals surface area contributed by atoms with E-state index in [4.69, 9.17) is 0 Å². The van der Waals surface area contributed by atoms with Gasteiger partial charge in [-0.1, -0.05) is 24.3 Å². The first-order chi connectivity index (χ1) is 9.29. The lowest BCUT2D eigenvalue weighted by Gasteiger charge is -2.32. The zero-order valence-corrected chi connectivity index (χ0v) is 10.8. The predicted octanol–water partition coefficient (Wildman–Crippen LogP) is 1.69. The molecule has 1 fully saturated rings. The van der Waals surface area contributed by atoms with Gasteiger partial charge in [-0.2, -0.15) is 0 Å². The molecular formula is C15H18N2O2. The van der Waals surface area contributed by atoms with Gasteiger partial charge in [0.2, 0.25) is 0 Å². The second-order valence-corrected chi connectivity index (χ2v) is 5.05. The second kappa shape index (κ2) is 5.15. The second-order valence-electron chi connectivity index (χ2n) is 5.05. The number of aliphatic hydroxyl groups is 2. The van der Waals surface area contributed by atoms with E-state index >= 15 is 0 Å². The van der Waals surface area contributed by atoms with Crippen molar-refractivity contribution in [1.82, 2.24) is 4.98 Å². The fourth-order valence-corrected chi connectivity index (χ4v) is 2.76. The van der Waals surface area contributed by atoms with E-state index in [1.807, 2.05) is 24.3 Å². The molecule has 0 saturated carbocycles. The Morgan fingerprint density at radius 1 is 1.26 bits per heavy atom. The van der Waals surface area contributed by atoms with Crippen LogP contribution in [0.2, 0.25) is 0 Å². The van der Waals surface area contributed by atoms with Crippen molar-refractivity contribution >= 4 is 16.6 Å². The van der Waals surface area contributed by atoms with Crippen molar-refractivity contribution in [1.29, 1.82) is 0 Å². The maximum Gasteiger partial charge on any atom is 0.136 e. The van der Waals surface area contributed by atoms with Gasteiger partial charge in [-0.3, -0.25) is 0 Å². The van der Waals surface area contributed by atoms with E-state index in [2.05, 4.69) is 9.88 Å². The zero-order valence-electron chi connectivity index (χ0n) is 10.8. The number of piperidine rings is 1. The monoisotopic (exact) mass is 258 g/mol. The highest BCUT2D eigenvalue weighted by molar-refractivity contribution is 5.94. The number of benzene rings is 1. The van der Waals surface area contributed by atoms with Crippen molar-refractivity contribution in [3.63, 3.8) is 0 Å². The normalized spacial score (nSPS) is 19.9. The molecule has 1 atom stereocenters.